The maximum Gasteiger partial charge on any atom is 0.346 e. The van der Waals surface area contributed by atoms with Crippen molar-refractivity contribution in [2.24, 2.45) is 0 Å². The molecule has 164 valence electrons. The first-order valence-electron chi connectivity index (χ1n) is 10.1. The lowest BCUT2D eigenvalue weighted by Gasteiger charge is -2.24. The minimum atomic E-state index is -3.57. The molecule has 1 heterocycles. The largest absolute Gasteiger partial charge is 0.477 e. The SMILES string of the molecule is CCOP(C)(=O)C(C(=O)Nc1ccc2ccccc2c1)c1c(C(=O)O)sc2ccccc12. The summed E-state index contributed by atoms with van der Waals surface area (Å²) in [5, 5.41) is 15.2. The second kappa shape index (κ2) is 8.87. The van der Waals surface area contributed by atoms with E-state index in [1.54, 1.807) is 37.3 Å². The highest BCUT2D eigenvalue weighted by atomic mass is 32.1. The molecule has 0 saturated carbocycles. The number of carbonyl (C=O) groups excluding carboxylic acids is 1. The lowest BCUT2D eigenvalue weighted by atomic mass is 10.1. The van der Waals surface area contributed by atoms with Gasteiger partial charge in [-0.2, -0.15) is 0 Å². The molecule has 0 aliphatic carbocycles. The van der Waals surface area contributed by atoms with E-state index in [4.69, 9.17) is 4.52 Å². The van der Waals surface area contributed by atoms with Crippen molar-refractivity contribution in [2.45, 2.75) is 12.6 Å². The van der Waals surface area contributed by atoms with E-state index in [1.165, 1.54) is 6.66 Å². The topological polar surface area (TPSA) is 92.7 Å². The average molecular weight is 467 g/mol. The molecule has 6 nitrogen and oxygen atoms in total. The van der Waals surface area contributed by atoms with E-state index in [0.29, 0.717) is 15.8 Å². The van der Waals surface area contributed by atoms with Crippen molar-refractivity contribution in [3.8, 4) is 0 Å². The van der Waals surface area contributed by atoms with Crippen LogP contribution in [0.4, 0.5) is 5.69 Å². The molecular formula is C24H22NO5PS. The number of rotatable bonds is 7. The van der Waals surface area contributed by atoms with E-state index in [-0.39, 0.29) is 17.0 Å². The Hall–Kier alpha value is -2.99. The van der Waals surface area contributed by atoms with Gasteiger partial charge in [0.1, 0.15) is 10.5 Å². The van der Waals surface area contributed by atoms with E-state index in [9.17, 15) is 19.3 Å². The van der Waals surface area contributed by atoms with Gasteiger partial charge in [-0.25, -0.2) is 4.79 Å². The van der Waals surface area contributed by atoms with E-state index < -0.39 is 24.9 Å². The standard InChI is InChI=1S/C24H22NO5PS/c1-3-30-31(2,29)21(20-18-10-6-7-11-19(18)32-22(20)24(27)28)23(26)25-17-13-12-15-8-4-5-9-16(15)14-17/h4-14,21H,3H2,1-2H3,(H,25,26)(H,27,28). The zero-order valence-electron chi connectivity index (χ0n) is 17.6. The molecule has 1 amide bonds. The highest BCUT2D eigenvalue weighted by Gasteiger charge is 2.41. The van der Waals surface area contributed by atoms with Gasteiger partial charge in [0.15, 0.2) is 0 Å². The number of carboxylic acid groups (broad SMARTS) is 1. The van der Waals surface area contributed by atoms with Gasteiger partial charge in [0.25, 0.3) is 0 Å². The van der Waals surface area contributed by atoms with Gasteiger partial charge < -0.3 is 14.9 Å². The summed E-state index contributed by atoms with van der Waals surface area (Å²) in [5.74, 6) is -1.73. The van der Waals surface area contributed by atoms with Gasteiger partial charge in [-0.15, -0.1) is 11.3 Å². The third-order valence-electron chi connectivity index (χ3n) is 5.22. The third-order valence-corrected chi connectivity index (χ3v) is 8.60. The van der Waals surface area contributed by atoms with Crippen LogP contribution in [0.15, 0.2) is 66.7 Å². The number of hydrogen-bond donors (Lipinski definition) is 2. The van der Waals surface area contributed by atoms with Crippen LogP contribution < -0.4 is 5.32 Å². The summed E-state index contributed by atoms with van der Waals surface area (Å²) in [6, 6.07) is 20.3. The lowest BCUT2D eigenvalue weighted by Crippen LogP contribution is -2.23. The fourth-order valence-electron chi connectivity index (χ4n) is 3.88. The number of benzene rings is 3. The Morgan fingerprint density at radius 2 is 1.75 bits per heavy atom. The summed E-state index contributed by atoms with van der Waals surface area (Å²) in [6.07, 6.45) is 0. The normalized spacial score (nSPS) is 14.2. The van der Waals surface area contributed by atoms with Gasteiger partial charge in [-0.3, -0.25) is 9.36 Å². The van der Waals surface area contributed by atoms with Crippen LogP contribution in [0.25, 0.3) is 20.9 Å². The van der Waals surface area contributed by atoms with Gasteiger partial charge in [-0.1, -0.05) is 48.5 Å². The number of aromatic carboxylic acids is 1. The Balaban J connectivity index is 1.84. The fourth-order valence-corrected chi connectivity index (χ4v) is 6.94. The van der Waals surface area contributed by atoms with E-state index in [2.05, 4.69) is 5.32 Å². The molecule has 1 aromatic heterocycles. The van der Waals surface area contributed by atoms with E-state index in [1.807, 2.05) is 36.4 Å². The first kappa shape index (κ1) is 22.2. The highest BCUT2D eigenvalue weighted by molar-refractivity contribution is 7.59. The molecular weight excluding hydrogens is 445 g/mol. The van der Waals surface area contributed by atoms with Crippen LogP contribution in [0.2, 0.25) is 0 Å². The number of fused-ring (bicyclic) bond motifs is 2. The van der Waals surface area contributed by atoms with E-state index in [0.717, 1.165) is 22.1 Å². The Morgan fingerprint density at radius 1 is 1.06 bits per heavy atom. The predicted molar refractivity (Wildman–Crippen MR) is 129 cm³/mol. The summed E-state index contributed by atoms with van der Waals surface area (Å²) in [6.45, 7) is 3.22. The molecule has 0 spiro atoms. The van der Waals surface area contributed by atoms with Crippen molar-refractivity contribution in [3.63, 3.8) is 0 Å². The van der Waals surface area contributed by atoms with Gasteiger partial charge in [0.05, 0.1) is 6.61 Å². The number of nitrogens with one attached hydrogen (secondary N) is 1. The van der Waals surface area contributed by atoms with Crippen LogP contribution in [0.1, 0.15) is 27.8 Å². The van der Waals surface area contributed by atoms with Gasteiger partial charge in [0.2, 0.25) is 13.3 Å². The molecule has 0 aliphatic heterocycles. The van der Waals surface area contributed by atoms with Crippen molar-refractivity contribution in [1.82, 2.24) is 0 Å². The lowest BCUT2D eigenvalue weighted by molar-refractivity contribution is -0.116. The molecule has 3 aromatic carbocycles. The Morgan fingerprint density at radius 3 is 2.47 bits per heavy atom. The molecule has 4 rings (SSSR count). The van der Waals surface area contributed by atoms with Crippen LogP contribution in [0.5, 0.6) is 0 Å². The number of thiophene rings is 1. The second-order valence-electron chi connectivity index (χ2n) is 7.43. The van der Waals surface area contributed by atoms with Crippen molar-refractivity contribution in [2.75, 3.05) is 18.6 Å². The monoisotopic (exact) mass is 467 g/mol. The zero-order chi connectivity index (χ0) is 22.9. The van der Waals surface area contributed by atoms with Crippen molar-refractivity contribution < 1.29 is 23.8 Å². The van der Waals surface area contributed by atoms with Gasteiger partial charge in [-0.05, 0) is 41.3 Å². The molecule has 2 unspecified atom stereocenters. The third kappa shape index (κ3) is 4.19. The summed E-state index contributed by atoms with van der Waals surface area (Å²) < 4.78 is 19.8. The van der Waals surface area contributed by atoms with Crippen molar-refractivity contribution in [3.05, 3.63) is 77.2 Å². The second-order valence-corrected chi connectivity index (χ2v) is 11.1. The molecule has 0 aliphatic rings. The number of carbonyl (C=O) groups is 2. The highest BCUT2D eigenvalue weighted by Crippen LogP contribution is 2.60. The maximum atomic E-state index is 13.6. The van der Waals surface area contributed by atoms with E-state index >= 15 is 0 Å². The minimum absolute atomic E-state index is 0.00774. The van der Waals surface area contributed by atoms with Crippen molar-refractivity contribution >= 4 is 57.1 Å². The minimum Gasteiger partial charge on any atom is -0.477 e. The number of carboxylic acids is 1. The fraction of sp³-hybridized carbons (Fsp3) is 0.167. The smallest absolute Gasteiger partial charge is 0.346 e. The van der Waals surface area contributed by atoms with Gasteiger partial charge >= 0.3 is 5.97 Å². The first-order valence-corrected chi connectivity index (χ1v) is 13.0. The zero-order valence-corrected chi connectivity index (χ0v) is 19.3. The van der Waals surface area contributed by atoms with Crippen LogP contribution in [-0.2, 0) is 13.9 Å². The van der Waals surface area contributed by atoms with Crippen LogP contribution in [-0.4, -0.2) is 30.3 Å². The van der Waals surface area contributed by atoms with Crippen LogP contribution >= 0.6 is 18.7 Å². The van der Waals surface area contributed by atoms with Crippen LogP contribution in [0, 0.1) is 0 Å². The number of hydrogen-bond acceptors (Lipinski definition) is 5. The molecule has 4 aromatic rings. The predicted octanol–water partition coefficient (Wildman–Crippen LogP) is 6.38. The number of amides is 1. The summed E-state index contributed by atoms with van der Waals surface area (Å²) in [4.78, 5) is 25.6. The Labute approximate surface area is 189 Å². The van der Waals surface area contributed by atoms with Crippen molar-refractivity contribution in [1.29, 1.82) is 0 Å². The maximum absolute atomic E-state index is 13.6. The molecule has 0 saturated heterocycles. The molecule has 0 radical (unpaired) electrons. The molecule has 2 atom stereocenters. The molecule has 0 fully saturated rings. The molecule has 8 heteroatoms. The molecule has 32 heavy (non-hydrogen) atoms. The Kier molecular flexibility index (Phi) is 6.15. The first-order chi connectivity index (χ1) is 15.3. The molecule has 2 N–H and O–H groups in total. The van der Waals surface area contributed by atoms with Gasteiger partial charge in [0, 0.05) is 22.6 Å². The molecule has 0 bridgehead atoms. The quantitative estimate of drug-likeness (QED) is 0.308. The summed E-state index contributed by atoms with van der Waals surface area (Å²) >= 11 is 1.06. The average Bonchev–Trinajstić information content (AvgIpc) is 3.13. The van der Waals surface area contributed by atoms with Crippen LogP contribution in [0.3, 0.4) is 0 Å². The summed E-state index contributed by atoms with van der Waals surface area (Å²) in [7, 11) is -3.57. The summed E-state index contributed by atoms with van der Waals surface area (Å²) in [5.41, 5.74) is -0.501. The Bertz CT molecular complexity index is 1380. The number of anilines is 1.